The Morgan fingerprint density at radius 3 is 2.65 bits per heavy atom. The fourth-order valence-electron chi connectivity index (χ4n) is 1.78. The monoisotopic (exact) mass is 247 g/mol. The van der Waals surface area contributed by atoms with Gasteiger partial charge in [-0.15, -0.1) is 11.3 Å². The van der Waals surface area contributed by atoms with E-state index in [1.165, 1.54) is 4.88 Å². The van der Waals surface area contributed by atoms with Crippen molar-refractivity contribution in [2.45, 2.75) is 26.4 Å². The zero-order valence-electron chi connectivity index (χ0n) is 10.1. The van der Waals surface area contributed by atoms with Crippen LogP contribution in [0.15, 0.2) is 36.2 Å². The van der Waals surface area contributed by atoms with E-state index in [4.69, 9.17) is 0 Å². The smallest absolute Gasteiger partial charge is 0.115 e. The molecule has 4 heteroatoms. The summed E-state index contributed by atoms with van der Waals surface area (Å²) in [6, 6.07) is 4.68. The van der Waals surface area contributed by atoms with Crippen molar-refractivity contribution in [3.63, 3.8) is 0 Å². The highest BCUT2D eigenvalue weighted by Gasteiger charge is 2.15. The first-order chi connectivity index (χ1) is 8.27. The third kappa shape index (κ3) is 3.35. The molecule has 2 heterocycles. The largest absolute Gasteiger partial charge is 0.305 e. The van der Waals surface area contributed by atoms with Gasteiger partial charge in [0.15, 0.2) is 0 Å². The lowest BCUT2D eigenvalue weighted by Crippen LogP contribution is -2.24. The van der Waals surface area contributed by atoms with E-state index >= 15 is 0 Å². The van der Waals surface area contributed by atoms with Crippen LogP contribution in [0.4, 0.5) is 0 Å². The molecular formula is C13H17N3S. The SMILES string of the molecule is CC(C)C(NCc1cncnc1)c1cccs1. The summed E-state index contributed by atoms with van der Waals surface area (Å²) in [6.45, 7) is 5.28. The molecule has 0 aliphatic carbocycles. The van der Waals surface area contributed by atoms with E-state index in [0.29, 0.717) is 12.0 Å². The first-order valence-corrected chi connectivity index (χ1v) is 6.66. The minimum atomic E-state index is 0.398. The lowest BCUT2D eigenvalue weighted by atomic mass is 10.0. The van der Waals surface area contributed by atoms with Gasteiger partial charge < -0.3 is 5.32 Å². The van der Waals surface area contributed by atoms with Gasteiger partial charge in [-0.3, -0.25) is 0 Å². The minimum absolute atomic E-state index is 0.398. The minimum Gasteiger partial charge on any atom is -0.305 e. The van der Waals surface area contributed by atoms with Gasteiger partial charge in [-0.05, 0) is 17.4 Å². The Morgan fingerprint density at radius 2 is 2.06 bits per heavy atom. The Balaban J connectivity index is 2.00. The van der Waals surface area contributed by atoms with Gasteiger partial charge in [-0.1, -0.05) is 19.9 Å². The standard InChI is InChI=1S/C13H17N3S/c1-10(2)13(12-4-3-5-17-12)16-8-11-6-14-9-15-7-11/h3-7,9-10,13,16H,8H2,1-2H3. The summed E-state index contributed by atoms with van der Waals surface area (Å²) in [5, 5.41) is 5.69. The van der Waals surface area contributed by atoms with Gasteiger partial charge in [0.1, 0.15) is 6.33 Å². The normalized spacial score (nSPS) is 12.9. The van der Waals surface area contributed by atoms with Crippen LogP contribution < -0.4 is 5.32 Å². The molecule has 2 aromatic rings. The molecule has 3 nitrogen and oxygen atoms in total. The van der Waals surface area contributed by atoms with Gasteiger partial charge in [0.2, 0.25) is 0 Å². The van der Waals surface area contributed by atoms with Crippen LogP contribution in [0.2, 0.25) is 0 Å². The molecule has 1 unspecified atom stereocenters. The Kier molecular flexibility index (Phi) is 4.23. The lowest BCUT2D eigenvalue weighted by Gasteiger charge is -2.21. The van der Waals surface area contributed by atoms with Gasteiger partial charge >= 0.3 is 0 Å². The summed E-state index contributed by atoms with van der Waals surface area (Å²) in [5.74, 6) is 0.568. The van der Waals surface area contributed by atoms with Crippen molar-refractivity contribution in [3.8, 4) is 0 Å². The quantitative estimate of drug-likeness (QED) is 0.882. The van der Waals surface area contributed by atoms with Crippen LogP contribution in [0.25, 0.3) is 0 Å². The van der Waals surface area contributed by atoms with Crippen molar-refractivity contribution in [3.05, 3.63) is 46.7 Å². The zero-order valence-corrected chi connectivity index (χ0v) is 10.9. The topological polar surface area (TPSA) is 37.8 Å². The lowest BCUT2D eigenvalue weighted by molar-refractivity contribution is 0.416. The highest BCUT2D eigenvalue weighted by Crippen LogP contribution is 2.25. The van der Waals surface area contributed by atoms with Gasteiger partial charge in [0, 0.05) is 35.4 Å². The second-order valence-corrected chi connectivity index (χ2v) is 5.34. The molecule has 90 valence electrons. The molecule has 0 aliphatic heterocycles. The van der Waals surface area contributed by atoms with Crippen molar-refractivity contribution in [1.82, 2.24) is 15.3 Å². The van der Waals surface area contributed by atoms with E-state index in [9.17, 15) is 0 Å². The highest BCUT2D eigenvalue weighted by molar-refractivity contribution is 7.10. The van der Waals surface area contributed by atoms with E-state index in [0.717, 1.165) is 12.1 Å². The molecule has 0 aromatic carbocycles. The average Bonchev–Trinajstić information content (AvgIpc) is 2.84. The maximum Gasteiger partial charge on any atom is 0.115 e. The Bertz CT molecular complexity index is 425. The number of nitrogens with zero attached hydrogens (tertiary/aromatic N) is 2. The summed E-state index contributed by atoms with van der Waals surface area (Å²) < 4.78 is 0. The van der Waals surface area contributed by atoms with Crippen molar-refractivity contribution in [2.24, 2.45) is 5.92 Å². The number of rotatable bonds is 5. The molecule has 2 aromatic heterocycles. The molecule has 0 radical (unpaired) electrons. The van der Waals surface area contributed by atoms with E-state index in [-0.39, 0.29) is 0 Å². The summed E-state index contributed by atoms with van der Waals surface area (Å²) in [4.78, 5) is 9.43. The average molecular weight is 247 g/mol. The van der Waals surface area contributed by atoms with Gasteiger partial charge in [0.05, 0.1) is 0 Å². The summed E-state index contributed by atoms with van der Waals surface area (Å²) in [6.07, 6.45) is 5.26. The van der Waals surface area contributed by atoms with E-state index in [1.54, 1.807) is 17.7 Å². The zero-order chi connectivity index (χ0) is 12.1. The van der Waals surface area contributed by atoms with Crippen LogP contribution in [0.3, 0.4) is 0 Å². The molecule has 0 saturated heterocycles. The van der Waals surface area contributed by atoms with Crippen LogP contribution >= 0.6 is 11.3 Å². The Morgan fingerprint density at radius 1 is 1.29 bits per heavy atom. The van der Waals surface area contributed by atoms with Crippen LogP contribution in [-0.2, 0) is 6.54 Å². The molecule has 17 heavy (non-hydrogen) atoms. The fourth-order valence-corrected chi connectivity index (χ4v) is 2.76. The van der Waals surface area contributed by atoms with Crippen LogP contribution in [-0.4, -0.2) is 9.97 Å². The molecule has 0 amide bonds. The molecule has 1 atom stereocenters. The predicted molar refractivity (Wildman–Crippen MR) is 70.8 cm³/mol. The molecule has 2 rings (SSSR count). The summed E-state index contributed by atoms with van der Waals surface area (Å²) in [5.41, 5.74) is 1.12. The summed E-state index contributed by atoms with van der Waals surface area (Å²) >= 11 is 1.80. The first kappa shape index (κ1) is 12.2. The van der Waals surface area contributed by atoms with Gasteiger partial charge in [0.25, 0.3) is 0 Å². The Hall–Kier alpha value is -1.26. The number of thiophene rings is 1. The maximum atomic E-state index is 4.02. The number of nitrogens with one attached hydrogen (secondary N) is 1. The van der Waals surface area contributed by atoms with Crippen molar-refractivity contribution in [1.29, 1.82) is 0 Å². The van der Waals surface area contributed by atoms with Crippen LogP contribution in [0.5, 0.6) is 0 Å². The predicted octanol–water partition coefficient (Wildman–Crippen LogP) is 3.03. The summed E-state index contributed by atoms with van der Waals surface area (Å²) in [7, 11) is 0. The number of hydrogen-bond donors (Lipinski definition) is 1. The third-order valence-corrected chi connectivity index (χ3v) is 3.61. The van der Waals surface area contributed by atoms with E-state index in [1.807, 2.05) is 12.4 Å². The molecule has 1 N–H and O–H groups in total. The van der Waals surface area contributed by atoms with E-state index < -0.39 is 0 Å². The molecular weight excluding hydrogens is 230 g/mol. The number of aromatic nitrogens is 2. The fraction of sp³-hybridized carbons (Fsp3) is 0.385. The van der Waals surface area contributed by atoms with Crippen molar-refractivity contribution < 1.29 is 0 Å². The van der Waals surface area contributed by atoms with Crippen LogP contribution in [0.1, 0.15) is 30.3 Å². The number of hydrogen-bond acceptors (Lipinski definition) is 4. The molecule has 0 aliphatic rings. The molecule has 0 fully saturated rings. The first-order valence-electron chi connectivity index (χ1n) is 5.78. The molecule has 0 saturated carbocycles. The van der Waals surface area contributed by atoms with Crippen molar-refractivity contribution in [2.75, 3.05) is 0 Å². The van der Waals surface area contributed by atoms with Crippen molar-refractivity contribution >= 4 is 11.3 Å². The highest BCUT2D eigenvalue weighted by atomic mass is 32.1. The van der Waals surface area contributed by atoms with Crippen LogP contribution in [0, 0.1) is 5.92 Å². The van der Waals surface area contributed by atoms with Gasteiger partial charge in [-0.2, -0.15) is 0 Å². The third-order valence-electron chi connectivity index (χ3n) is 2.66. The second-order valence-electron chi connectivity index (χ2n) is 4.36. The Labute approximate surface area is 106 Å². The maximum absolute atomic E-state index is 4.02. The van der Waals surface area contributed by atoms with E-state index in [2.05, 4.69) is 46.6 Å². The molecule has 0 bridgehead atoms. The second kappa shape index (κ2) is 5.89. The molecule has 0 spiro atoms. The van der Waals surface area contributed by atoms with Gasteiger partial charge in [-0.25, -0.2) is 9.97 Å².